The van der Waals surface area contributed by atoms with Crippen LogP contribution in [-0.4, -0.2) is 30.5 Å². The smallest absolute Gasteiger partial charge is 0.224 e. The normalized spacial score (nSPS) is 19.8. The quantitative estimate of drug-likeness (QED) is 0.837. The number of hydrogen-bond acceptors (Lipinski definition) is 3. The molecule has 0 spiro atoms. The lowest BCUT2D eigenvalue weighted by atomic mass is 9.88. The Kier molecular flexibility index (Phi) is 3.97. The van der Waals surface area contributed by atoms with E-state index in [4.69, 9.17) is 0 Å². The average molecular weight is 247 g/mol. The van der Waals surface area contributed by atoms with Crippen molar-refractivity contribution in [1.29, 1.82) is 0 Å². The second kappa shape index (κ2) is 5.48. The molecule has 1 aliphatic rings. The second-order valence-electron chi connectivity index (χ2n) is 5.51. The number of hydrogen-bond donors (Lipinski definition) is 2. The van der Waals surface area contributed by atoms with E-state index >= 15 is 0 Å². The van der Waals surface area contributed by atoms with Crippen molar-refractivity contribution in [2.45, 2.75) is 25.7 Å². The standard InChI is InChI=1S/C14H21N3O/c1-14(2,12-5-3-4-7-16-12)10-17-13(18)11-6-8-15-9-11/h3-5,7,11,15H,6,8-10H2,1-2H3,(H,17,18). The molecule has 0 aromatic carbocycles. The zero-order chi connectivity index (χ0) is 13.0. The summed E-state index contributed by atoms with van der Waals surface area (Å²) >= 11 is 0. The Hall–Kier alpha value is -1.42. The predicted octanol–water partition coefficient (Wildman–Crippen LogP) is 1.08. The maximum Gasteiger partial charge on any atom is 0.224 e. The first-order valence-electron chi connectivity index (χ1n) is 6.49. The van der Waals surface area contributed by atoms with Crippen molar-refractivity contribution in [1.82, 2.24) is 15.6 Å². The van der Waals surface area contributed by atoms with Crippen LogP contribution in [0.25, 0.3) is 0 Å². The van der Waals surface area contributed by atoms with Gasteiger partial charge in [-0.05, 0) is 25.1 Å². The van der Waals surface area contributed by atoms with Gasteiger partial charge >= 0.3 is 0 Å². The fourth-order valence-electron chi connectivity index (χ4n) is 2.18. The van der Waals surface area contributed by atoms with Crippen LogP contribution in [0.4, 0.5) is 0 Å². The lowest BCUT2D eigenvalue weighted by molar-refractivity contribution is -0.124. The molecule has 2 heterocycles. The fourth-order valence-corrected chi connectivity index (χ4v) is 2.18. The first-order valence-corrected chi connectivity index (χ1v) is 6.49. The van der Waals surface area contributed by atoms with Gasteiger partial charge in [-0.25, -0.2) is 0 Å². The predicted molar refractivity (Wildman–Crippen MR) is 71.2 cm³/mol. The largest absolute Gasteiger partial charge is 0.355 e. The number of pyridine rings is 1. The van der Waals surface area contributed by atoms with E-state index in [2.05, 4.69) is 29.5 Å². The summed E-state index contributed by atoms with van der Waals surface area (Å²) in [6, 6.07) is 5.89. The SMILES string of the molecule is CC(C)(CNC(=O)C1CCNC1)c1ccccn1. The molecule has 1 aromatic rings. The van der Waals surface area contributed by atoms with Crippen molar-refractivity contribution < 1.29 is 4.79 Å². The van der Waals surface area contributed by atoms with Crippen molar-refractivity contribution in [2.75, 3.05) is 19.6 Å². The molecule has 0 bridgehead atoms. The van der Waals surface area contributed by atoms with E-state index < -0.39 is 0 Å². The van der Waals surface area contributed by atoms with E-state index in [1.807, 2.05) is 18.2 Å². The molecule has 1 atom stereocenters. The molecule has 0 aliphatic carbocycles. The van der Waals surface area contributed by atoms with E-state index in [1.165, 1.54) is 0 Å². The topological polar surface area (TPSA) is 54.0 Å². The summed E-state index contributed by atoms with van der Waals surface area (Å²) in [5, 5.41) is 6.25. The molecule has 1 aliphatic heterocycles. The van der Waals surface area contributed by atoms with Gasteiger partial charge in [0.2, 0.25) is 5.91 Å². The highest BCUT2D eigenvalue weighted by molar-refractivity contribution is 5.79. The Bertz CT molecular complexity index is 397. The van der Waals surface area contributed by atoms with Gasteiger partial charge in [0, 0.05) is 30.4 Å². The van der Waals surface area contributed by atoms with Gasteiger partial charge in [0.1, 0.15) is 0 Å². The molecule has 1 unspecified atom stereocenters. The van der Waals surface area contributed by atoms with Gasteiger partial charge in [-0.15, -0.1) is 0 Å². The molecule has 2 N–H and O–H groups in total. The van der Waals surface area contributed by atoms with E-state index in [1.54, 1.807) is 6.20 Å². The van der Waals surface area contributed by atoms with Gasteiger partial charge in [0.15, 0.2) is 0 Å². The highest BCUT2D eigenvalue weighted by atomic mass is 16.1. The van der Waals surface area contributed by atoms with Gasteiger partial charge in [0.05, 0.1) is 5.92 Å². The zero-order valence-corrected chi connectivity index (χ0v) is 11.1. The molecule has 1 amide bonds. The lowest BCUT2D eigenvalue weighted by Crippen LogP contribution is -2.40. The minimum atomic E-state index is -0.136. The van der Waals surface area contributed by atoms with Crippen LogP contribution >= 0.6 is 0 Å². The Balaban J connectivity index is 1.90. The maximum absolute atomic E-state index is 12.0. The highest BCUT2D eigenvalue weighted by Gasteiger charge is 2.26. The molecule has 0 saturated carbocycles. The van der Waals surface area contributed by atoms with Gasteiger partial charge in [-0.2, -0.15) is 0 Å². The van der Waals surface area contributed by atoms with Crippen LogP contribution in [0.15, 0.2) is 24.4 Å². The van der Waals surface area contributed by atoms with Crippen LogP contribution in [0.5, 0.6) is 0 Å². The number of rotatable bonds is 4. The van der Waals surface area contributed by atoms with Crippen LogP contribution < -0.4 is 10.6 Å². The van der Waals surface area contributed by atoms with Crippen LogP contribution in [0.2, 0.25) is 0 Å². The number of nitrogens with one attached hydrogen (secondary N) is 2. The Morgan fingerprint density at radius 3 is 3.00 bits per heavy atom. The number of aromatic nitrogens is 1. The number of nitrogens with zero attached hydrogens (tertiary/aromatic N) is 1. The Morgan fingerprint density at radius 2 is 2.39 bits per heavy atom. The zero-order valence-electron chi connectivity index (χ0n) is 11.1. The second-order valence-corrected chi connectivity index (χ2v) is 5.51. The summed E-state index contributed by atoms with van der Waals surface area (Å²) in [6.07, 6.45) is 2.73. The van der Waals surface area contributed by atoms with Gasteiger partial charge in [0.25, 0.3) is 0 Å². The van der Waals surface area contributed by atoms with Crippen LogP contribution in [0, 0.1) is 5.92 Å². The summed E-state index contributed by atoms with van der Waals surface area (Å²) in [5.74, 6) is 0.286. The van der Waals surface area contributed by atoms with Gasteiger partial charge < -0.3 is 10.6 Å². The summed E-state index contributed by atoms with van der Waals surface area (Å²) in [5.41, 5.74) is 0.873. The lowest BCUT2D eigenvalue weighted by Gasteiger charge is -2.25. The van der Waals surface area contributed by atoms with E-state index in [0.29, 0.717) is 6.54 Å². The Morgan fingerprint density at radius 1 is 1.56 bits per heavy atom. The van der Waals surface area contributed by atoms with Crippen LogP contribution in [0.3, 0.4) is 0 Å². The fraction of sp³-hybridized carbons (Fsp3) is 0.571. The monoisotopic (exact) mass is 247 g/mol. The van der Waals surface area contributed by atoms with Crippen molar-refractivity contribution in [3.63, 3.8) is 0 Å². The summed E-state index contributed by atoms with van der Waals surface area (Å²) < 4.78 is 0. The van der Waals surface area contributed by atoms with Crippen molar-refractivity contribution in [3.8, 4) is 0 Å². The first-order chi connectivity index (χ1) is 8.59. The molecular weight excluding hydrogens is 226 g/mol. The molecule has 1 saturated heterocycles. The molecule has 2 rings (SSSR count). The first kappa shape index (κ1) is 13.0. The van der Waals surface area contributed by atoms with Crippen LogP contribution in [-0.2, 0) is 10.2 Å². The summed E-state index contributed by atoms with van der Waals surface area (Å²) in [7, 11) is 0. The van der Waals surface area contributed by atoms with E-state index in [-0.39, 0.29) is 17.2 Å². The van der Waals surface area contributed by atoms with Gasteiger partial charge in [-0.1, -0.05) is 19.9 Å². The third-order valence-corrected chi connectivity index (χ3v) is 3.49. The maximum atomic E-state index is 12.0. The molecule has 18 heavy (non-hydrogen) atoms. The number of carbonyl (C=O) groups is 1. The van der Waals surface area contributed by atoms with Gasteiger partial charge in [-0.3, -0.25) is 9.78 Å². The minimum absolute atomic E-state index is 0.129. The summed E-state index contributed by atoms with van der Waals surface area (Å²) in [6.45, 7) is 6.57. The Labute approximate surface area is 108 Å². The van der Waals surface area contributed by atoms with Crippen LogP contribution in [0.1, 0.15) is 26.0 Å². The minimum Gasteiger partial charge on any atom is -0.355 e. The number of amides is 1. The highest BCUT2D eigenvalue weighted by Crippen LogP contribution is 2.19. The van der Waals surface area contributed by atoms with E-state index in [0.717, 1.165) is 25.2 Å². The van der Waals surface area contributed by atoms with E-state index in [9.17, 15) is 4.79 Å². The summed E-state index contributed by atoms with van der Waals surface area (Å²) in [4.78, 5) is 16.3. The molecule has 1 fully saturated rings. The molecule has 1 aromatic heterocycles. The van der Waals surface area contributed by atoms with Crippen molar-refractivity contribution in [3.05, 3.63) is 30.1 Å². The molecular formula is C14H21N3O. The van der Waals surface area contributed by atoms with Crippen molar-refractivity contribution in [2.24, 2.45) is 5.92 Å². The molecule has 4 heteroatoms. The number of carbonyl (C=O) groups excluding carboxylic acids is 1. The molecule has 4 nitrogen and oxygen atoms in total. The third-order valence-electron chi connectivity index (χ3n) is 3.49. The molecule has 0 radical (unpaired) electrons. The van der Waals surface area contributed by atoms with Crippen molar-refractivity contribution >= 4 is 5.91 Å². The molecule has 98 valence electrons. The third kappa shape index (κ3) is 3.07. The average Bonchev–Trinajstić information content (AvgIpc) is 2.91.